The molecule has 1 atom stereocenters. The summed E-state index contributed by atoms with van der Waals surface area (Å²) in [4.78, 5) is 13.9. The van der Waals surface area contributed by atoms with Crippen LogP contribution in [0.4, 0.5) is 5.00 Å². The number of halogens is 1. The van der Waals surface area contributed by atoms with Gasteiger partial charge < -0.3 is 9.88 Å². The highest BCUT2D eigenvalue weighted by atomic mass is 79.9. The molecule has 2 heterocycles. The summed E-state index contributed by atoms with van der Waals surface area (Å²) < 4.78 is 3.01. The molecule has 0 fully saturated rings. The van der Waals surface area contributed by atoms with Crippen molar-refractivity contribution in [3.05, 3.63) is 44.7 Å². The van der Waals surface area contributed by atoms with Crippen LogP contribution in [0.3, 0.4) is 0 Å². The van der Waals surface area contributed by atoms with Crippen LogP contribution in [0.15, 0.2) is 33.9 Å². The van der Waals surface area contributed by atoms with Crippen molar-refractivity contribution in [1.82, 2.24) is 14.8 Å². The summed E-state index contributed by atoms with van der Waals surface area (Å²) in [7, 11) is 0. The fraction of sp³-hybridized carbons (Fsp3) is 0.364. The van der Waals surface area contributed by atoms with E-state index in [1.807, 2.05) is 35.8 Å². The van der Waals surface area contributed by atoms with E-state index in [2.05, 4.69) is 44.4 Å². The Morgan fingerprint density at radius 3 is 2.87 bits per heavy atom. The van der Waals surface area contributed by atoms with Gasteiger partial charge in [-0.15, -0.1) is 21.5 Å². The lowest BCUT2D eigenvalue weighted by Gasteiger charge is -2.17. The zero-order valence-corrected chi connectivity index (χ0v) is 20.5. The molecule has 1 aliphatic rings. The molecule has 1 aromatic carbocycles. The number of aromatic nitrogens is 3. The standard InChI is InChI=1S/C22H22BrN5OS2/c1-3-28-20(14-5-7-15(23)8-6-14)26-27-22(28)30-12-19(29)25-21-17(11-24)16-9-4-13(2)10-18(16)31-21/h5-8,13H,3-4,9-10,12H2,1-2H3,(H,25,29). The number of nitriles is 1. The van der Waals surface area contributed by atoms with Crippen LogP contribution in [-0.2, 0) is 24.2 Å². The third-order valence-corrected chi connectivity index (χ3v) is 8.01. The molecule has 6 nitrogen and oxygen atoms in total. The third-order valence-electron chi connectivity index (χ3n) is 5.34. The number of anilines is 1. The number of nitrogens with one attached hydrogen (secondary N) is 1. The molecule has 4 rings (SSSR count). The second-order valence-corrected chi connectivity index (χ2v) is 10.5. The maximum Gasteiger partial charge on any atom is 0.235 e. The second-order valence-electron chi connectivity index (χ2n) is 7.56. The molecule has 0 bridgehead atoms. The molecule has 1 amide bonds. The average Bonchev–Trinajstić information content (AvgIpc) is 3.32. The molecule has 0 spiro atoms. The Labute approximate surface area is 198 Å². The lowest BCUT2D eigenvalue weighted by atomic mass is 9.89. The van der Waals surface area contributed by atoms with Crippen molar-refractivity contribution in [3.8, 4) is 17.5 Å². The lowest BCUT2D eigenvalue weighted by Crippen LogP contribution is -2.14. The number of carbonyl (C=O) groups is 1. The zero-order chi connectivity index (χ0) is 22.0. The SMILES string of the molecule is CCn1c(SCC(=O)Nc2sc3c(c2C#N)CCC(C)C3)nnc1-c1ccc(Br)cc1. The van der Waals surface area contributed by atoms with Gasteiger partial charge in [-0.25, -0.2) is 0 Å². The molecule has 0 saturated carbocycles. The summed E-state index contributed by atoms with van der Waals surface area (Å²) in [5, 5.41) is 22.6. The fourth-order valence-corrected chi connectivity index (χ4v) is 6.19. The molecule has 1 N–H and O–H groups in total. The Hall–Kier alpha value is -2.15. The van der Waals surface area contributed by atoms with Crippen LogP contribution in [0.5, 0.6) is 0 Å². The van der Waals surface area contributed by atoms with Gasteiger partial charge in [-0.05, 0) is 49.8 Å². The molecule has 0 aliphatic heterocycles. The van der Waals surface area contributed by atoms with Gasteiger partial charge in [0.15, 0.2) is 11.0 Å². The van der Waals surface area contributed by atoms with Gasteiger partial charge in [-0.1, -0.05) is 46.7 Å². The normalized spacial score (nSPS) is 15.4. The molecule has 3 aromatic rings. The van der Waals surface area contributed by atoms with Crippen molar-refractivity contribution in [1.29, 1.82) is 5.26 Å². The first-order valence-corrected chi connectivity index (χ1v) is 12.8. The molecule has 0 saturated heterocycles. The van der Waals surface area contributed by atoms with E-state index < -0.39 is 0 Å². The van der Waals surface area contributed by atoms with E-state index in [0.29, 0.717) is 28.2 Å². The van der Waals surface area contributed by atoms with Crippen LogP contribution in [0.2, 0.25) is 0 Å². The zero-order valence-electron chi connectivity index (χ0n) is 17.3. The van der Waals surface area contributed by atoms with Crippen LogP contribution in [0.25, 0.3) is 11.4 Å². The molecule has 1 unspecified atom stereocenters. The number of benzene rings is 1. The van der Waals surface area contributed by atoms with Crippen molar-refractivity contribution in [2.45, 2.75) is 44.8 Å². The largest absolute Gasteiger partial charge is 0.316 e. The second kappa shape index (κ2) is 9.55. The number of hydrogen-bond acceptors (Lipinski definition) is 6. The third kappa shape index (κ3) is 4.71. The Kier molecular flexibility index (Phi) is 6.80. The topological polar surface area (TPSA) is 83.6 Å². The molecule has 1 aliphatic carbocycles. The summed E-state index contributed by atoms with van der Waals surface area (Å²) in [5.41, 5.74) is 2.74. The van der Waals surface area contributed by atoms with E-state index in [4.69, 9.17) is 0 Å². The van der Waals surface area contributed by atoms with Gasteiger partial charge in [0.1, 0.15) is 11.1 Å². The van der Waals surface area contributed by atoms with Crippen LogP contribution in [-0.4, -0.2) is 26.4 Å². The van der Waals surface area contributed by atoms with Crippen LogP contribution < -0.4 is 5.32 Å². The highest BCUT2D eigenvalue weighted by Crippen LogP contribution is 2.39. The predicted octanol–water partition coefficient (Wildman–Crippen LogP) is 5.52. The number of fused-ring (bicyclic) bond motifs is 1. The maximum absolute atomic E-state index is 12.6. The first-order valence-electron chi connectivity index (χ1n) is 10.2. The molecule has 9 heteroatoms. The lowest BCUT2D eigenvalue weighted by molar-refractivity contribution is -0.113. The first-order chi connectivity index (χ1) is 15.0. The number of nitrogens with zero attached hydrogens (tertiary/aromatic N) is 4. The Bertz CT molecular complexity index is 1150. The number of hydrogen-bond donors (Lipinski definition) is 1. The van der Waals surface area contributed by atoms with Crippen molar-refractivity contribution in [2.75, 3.05) is 11.1 Å². The molecular formula is C22H22BrN5OS2. The minimum Gasteiger partial charge on any atom is -0.316 e. The first kappa shape index (κ1) is 22.1. The number of thiophene rings is 1. The Morgan fingerprint density at radius 2 is 2.16 bits per heavy atom. The van der Waals surface area contributed by atoms with Crippen LogP contribution in [0, 0.1) is 17.2 Å². The van der Waals surface area contributed by atoms with Crippen LogP contribution in [0.1, 0.15) is 36.3 Å². The highest BCUT2D eigenvalue weighted by Gasteiger charge is 2.25. The van der Waals surface area contributed by atoms with Crippen molar-refractivity contribution < 1.29 is 4.79 Å². The number of thioether (sulfide) groups is 1. The quantitative estimate of drug-likeness (QED) is 0.437. The van der Waals surface area contributed by atoms with Gasteiger partial charge in [0.25, 0.3) is 0 Å². The summed E-state index contributed by atoms with van der Waals surface area (Å²) in [6.45, 7) is 4.97. The number of rotatable bonds is 6. The average molecular weight is 516 g/mol. The number of carbonyl (C=O) groups excluding carboxylic acids is 1. The minimum absolute atomic E-state index is 0.135. The van der Waals surface area contributed by atoms with E-state index in [1.165, 1.54) is 16.6 Å². The van der Waals surface area contributed by atoms with Gasteiger partial charge in [-0.2, -0.15) is 5.26 Å². The van der Waals surface area contributed by atoms with E-state index >= 15 is 0 Å². The predicted molar refractivity (Wildman–Crippen MR) is 128 cm³/mol. The van der Waals surface area contributed by atoms with E-state index in [0.717, 1.165) is 40.7 Å². The summed E-state index contributed by atoms with van der Waals surface area (Å²) in [6, 6.07) is 10.2. The summed E-state index contributed by atoms with van der Waals surface area (Å²) in [5.74, 6) is 1.48. The van der Waals surface area contributed by atoms with Gasteiger partial charge in [0.2, 0.25) is 5.91 Å². The van der Waals surface area contributed by atoms with Gasteiger partial charge >= 0.3 is 0 Å². The Balaban J connectivity index is 1.45. The van der Waals surface area contributed by atoms with E-state index in [-0.39, 0.29) is 11.7 Å². The van der Waals surface area contributed by atoms with Crippen LogP contribution >= 0.6 is 39.0 Å². The smallest absolute Gasteiger partial charge is 0.235 e. The maximum atomic E-state index is 12.6. The number of amides is 1. The van der Waals surface area contributed by atoms with Gasteiger partial charge in [-0.3, -0.25) is 4.79 Å². The van der Waals surface area contributed by atoms with E-state index in [1.54, 1.807) is 11.3 Å². The van der Waals surface area contributed by atoms with E-state index in [9.17, 15) is 10.1 Å². The fourth-order valence-electron chi connectivity index (χ4n) is 3.74. The Morgan fingerprint density at radius 1 is 1.39 bits per heavy atom. The van der Waals surface area contributed by atoms with Gasteiger partial charge in [0.05, 0.1) is 11.3 Å². The van der Waals surface area contributed by atoms with Crippen molar-refractivity contribution in [2.24, 2.45) is 5.92 Å². The van der Waals surface area contributed by atoms with Crippen molar-refractivity contribution in [3.63, 3.8) is 0 Å². The molecule has 31 heavy (non-hydrogen) atoms. The molecule has 0 radical (unpaired) electrons. The monoisotopic (exact) mass is 515 g/mol. The summed E-state index contributed by atoms with van der Waals surface area (Å²) in [6.07, 6.45) is 2.99. The highest BCUT2D eigenvalue weighted by molar-refractivity contribution is 9.10. The van der Waals surface area contributed by atoms with Gasteiger partial charge in [0, 0.05) is 21.5 Å². The molecule has 160 valence electrons. The van der Waals surface area contributed by atoms with Crippen molar-refractivity contribution >= 4 is 49.9 Å². The molecular weight excluding hydrogens is 494 g/mol. The minimum atomic E-state index is -0.135. The summed E-state index contributed by atoms with van der Waals surface area (Å²) >= 11 is 6.35. The molecule has 2 aromatic heterocycles.